The number of unbranched alkanes of at least 4 members (excludes halogenated alkanes) is 1. The fourth-order valence-corrected chi connectivity index (χ4v) is 3.20. The Labute approximate surface area is 184 Å². The molecule has 0 atom stereocenters. The van der Waals surface area contributed by atoms with E-state index in [-0.39, 0.29) is 5.78 Å². The molecular weight excluding hydrogens is 394 g/mol. The number of methoxy groups -OCH3 is 3. The van der Waals surface area contributed by atoms with E-state index in [2.05, 4.69) is 12.2 Å². The van der Waals surface area contributed by atoms with Crippen molar-refractivity contribution in [3.8, 4) is 17.2 Å². The molecule has 0 heterocycles. The molecule has 2 aromatic carbocycles. The van der Waals surface area contributed by atoms with E-state index in [1.807, 2.05) is 6.07 Å². The molecule has 0 aromatic heterocycles. The number of hydrogen-bond donors (Lipinski definition) is 1. The maximum Gasteiger partial charge on any atom is 0.187 e. The largest absolute Gasteiger partial charge is 0.497 e. The monoisotopic (exact) mass is 425 g/mol. The summed E-state index contributed by atoms with van der Waals surface area (Å²) in [6.07, 6.45) is 5.87. The Kier molecular flexibility index (Phi) is 9.62. The van der Waals surface area contributed by atoms with Crippen LogP contribution < -0.4 is 19.5 Å². The second kappa shape index (κ2) is 12.4. The fourth-order valence-electron chi connectivity index (χ4n) is 3.20. The zero-order valence-corrected chi connectivity index (χ0v) is 18.7. The van der Waals surface area contributed by atoms with Crippen LogP contribution in [0.25, 0.3) is 0 Å². The maximum absolute atomic E-state index is 12.7. The van der Waals surface area contributed by atoms with Crippen LogP contribution in [0.3, 0.4) is 0 Å². The van der Waals surface area contributed by atoms with E-state index in [0.717, 1.165) is 36.8 Å². The highest BCUT2D eigenvalue weighted by atomic mass is 16.5. The molecule has 31 heavy (non-hydrogen) atoms. The van der Waals surface area contributed by atoms with Gasteiger partial charge in [0.2, 0.25) is 0 Å². The number of rotatable bonds is 13. The van der Waals surface area contributed by atoms with E-state index in [9.17, 15) is 9.59 Å². The van der Waals surface area contributed by atoms with E-state index < -0.39 is 0 Å². The first kappa shape index (κ1) is 24.0. The van der Waals surface area contributed by atoms with Gasteiger partial charge >= 0.3 is 0 Å². The van der Waals surface area contributed by atoms with Gasteiger partial charge in [-0.05, 0) is 61.2 Å². The van der Waals surface area contributed by atoms with E-state index in [4.69, 9.17) is 14.2 Å². The molecule has 2 aromatic rings. The highest BCUT2D eigenvalue weighted by molar-refractivity contribution is 6.04. The van der Waals surface area contributed by atoms with Gasteiger partial charge in [-0.1, -0.05) is 13.3 Å². The Morgan fingerprint density at radius 1 is 1.00 bits per heavy atom. The first-order chi connectivity index (χ1) is 15.1. The maximum atomic E-state index is 12.7. The van der Waals surface area contributed by atoms with Crippen molar-refractivity contribution in [3.63, 3.8) is 0 Å². The number of carbonyl (C=O) groups excluding carboxylic acids is 2. The third-order valence-electron chi connectivity index (χ3n) is 5.00. The number of aldehydes is 1. The average molecular weight is 426 g/mol. The van der Waals surface area contributed by atoms with Crippen molar-refractivity contribution < 1.29 is 23.8 Å². The second-order valence-electron chi connectivity index (χ2n) is 7.07. The second-order valence-corrected chi connectivity index (χ2v) is 7.07. The molecule has 0 amide bonds. The Morgan fingerprint density at radius 2 is 1.68 bits per heavy atom. The molecule has 0 spiro atoms. The van der Waals surface area contributed by atoms with E-state index in [1.54, 1.807) is 50.6 Å². The highest BCUT2D eigenvalue weighted by Gasteiger charge is 2.11. The van der Waals surface area contributed by atoms with Crippen LogP contribution in [0.2, 0.25) is 0 Å². The van der Waals surface area contributed by atoms with E-state index in [1.165, 1.54) is 7.11 Å². The number of benzene rings is 2. The molecule has 6 nitrogen and oxygen atoms in total. The minimum Gasteiger partial charge on any atom is -0.497 e. The normalized spacial score (nSPS) is 11.0. The minimum atomic E-state index is -0.0547. The van der Waals surface area contributed by atoms with E-state index >= 15 is 0 Å². The first-order valence-electron chi connectivity index (χ1n) is 10.4. The van der Waals surface area contributed by atoms with Crippen LogP contribution in [0, 0.1) is 0 Å². The number of carbonyl (C=O) groups is 2. The van der Waals surface area contributed by atoms with Crippen molar-refractivity contribution in [3.05, 3.63) is 64.9 Å². The van der Waals surface area contributed by atoms with Crippen LogP contribution >= 0.6 is 0 Å². The Morgan fingerprint density at radius 3 is 2.26 bits per heavy atom. The lowest BCUT2D eigenvalue weighted by atomic mass is 10.0. The number of ketones is 1. The van der Waals surface area contributed by atoms with Crippen molar-refractivity contribution in [2.24, 2.45) is 0 Å². The van der Waals surface area contributed by atoms with Crippen LogP contribution in [0.4, 0.5) is 0 Å². The summed E-state index contributed by atoms with van der Waals surface area (Å²) in [5.74, 6) is 1.76. The fraction of sp³-hybridized carbons (Fsp3) is 0.360. The van der Waals surface area contributed by atoms with Gasteiger partial charge in [-0.15, -0.1) is 0 Å². The molecule has 0 aliphatic heterocycles. The van der Waals surface area contributed by atoms with Crippen molar-refractivity contribution in [1.29, 1.82) is 0 Å². The quantitative estimate of drug-likeness (QED) is 0.287. The van der Waals surface area contributed by atoms with Crippen LogP contribution in [0.15, 0.2) is 48.2 Å². The van der Waals surface area contributed by atoms with Gasteiger partial charge in [0.15, 0.2) is 17.3 Å². The molecule has 1 N–H and O–H groups in total. The zero-order chi connectivity index (χ0) is 22.6. The molecule has 0 aliphatic rings. The first-order valence-corrected chi connectivity index (χ1v) is 10.4. The standard InChI is InChI=1S/C25H31NO5/c1-5-6-7-21(16-23(28)18-8-10-22(29-2)11-9-18)26-13-12-19-14-24(30-3)25(31-4)15-20(19)17-27/h8-11,14-17,26H,5-7,12-13H2,1-4H3/b21-16-. The average Bonchev–Trinajstić information content (AvgIpc) is 2.81. The molecule has 0 radical (unpaired) electrons. The lowest BCUT2D eigenvalue weighted by Crippen LogP contribution is -2.19. The van der Waals surface area contributed by atoms with Gasteiger partial charge < -0.3 is 19.5 Å². The van der Waals surface area contributed by atoms with Crippen LogP contribution in [0.5, 0.6) is 17.2 Å². The summed E-state index contributed by atoms with van der Waals surface area (Å²) >= 11 is 0. The number of nitrogens with one attached hydrogen (secondary N) is 1. The number of ether oxygens (including phenoxy) is 3. The van der Waals surface area contributed by atoms with Crippen molar-refractivity contribution >= 4 is 12.1 Å². The SMILES string of the molecule is CCCC/C(=C/C(=O)c1ccc(OC)cc1)NCCc1cc(OC)c(OC)cc1C=O. The lowest BCUT2D eigenvalue weighted by Gasteiger charge is -2.14. The van der Waals surface area contributed by atoms with Crippen LogP contribution in [-0.4, -0.2) is 39.9 Å². The van der Waals surface area contributed by atoms with Gasteiger partial charge in [-0.25, -0.2) is 0 Å². The highest BCUT2D eigenvalue weighted by Crippen LogP contribution is 2.30. The Hall–Kier alpha value is -3.28. The smallest absolute Gasteiger partial charge is 0.187 e. The van der Waals surface area contributed by atoms with E-state index in [0.29, 0.717) is 41.3 Å². The summed E-state index contributed by atoms with van der Waals surface area (Å²) in [5, 5.41) is 3.37. The Balaban J connectivity index is 2.11. The van der Waals surface area contributed by atoms with Gasteiger partial charge in [0, 0.05) is 29.4 Å². The van der Waals surface area contributed by atoms with Crippen molar-refractivity contribution in [2.45, 2.75) is 32.6 Å². The molecular formula is C25H31NO5. The molecule has 0 saturated carbocycles. The summed E-state index contributed by atoms with van der Waals surface area (Å²) in [5.41, 5.74) is 2.92. The molecule has 0 saturated heterocycles. The lowest BCUT2D eigenvalue weighted by molar-refractivity contribution is 0.104. The molecule has 2 rings (SSSR count). The minimum absolute atomic E-state index is 0.0547. The van der Waals surface area contributed by atoms with Gasteiger partial charge in [0.1, 0.15) is 12.0 Å². The molecule has 0 aliphatic carbocycles. The number of hydrogen-bond acceptors (Lipinski definition) is 6. The molecule has 0 bridgehead atoms. The van der Waals surface area contributed by atoms with Gasteiger partial charge in [0.25, 0.3) is 0 Å². The third kappa shape index (κ3) is 6.88. The van der Waals surface area contributed by atoms with Crippen LogP contribution in [-0.2, 0) is 6.42 Å². The summed E-state index contributed by atoms with van der Waals surface area (Å²) in [6, 6.07) is 10.6. The number of allylic oxidation sites excluding steroid dienone is 2. The molecule has 0 unspecified atom stereocenters. The topological polar surface area (TPSA) is 73.9 Å². The van der Waals surface area contributed by atoms with Gasteiger partial charge in [-0.3, -0.25) is 9.59 Å². The summed E-state index contributed by atoms with van der Waals surface area (Å²) in [7, 11) is 4.70. The summed E-state index contributed by atoms with van der Waals surface area (Å²) < 4.78 is 15.8. The summed E-state index contributed by atoms with van der Waals surface area (Å²) in [6.45, 7) is 2.70. The van der Waals surface area contributed by atoms with Gasteiger partial charge in [0.05, 0.1) is 21.3 Å². The van der Waals surface area contributed by atoms with Crippen molar-refractivity contribution in [2.75, 3.05) is 27.9 Å². The molecule has 166 valence electrons. The van der Waals surface area contributed by atoms with Crippen LogP contribution in [0.1, 0.15) is 52.5 Å². The van der Waals surface area contributed by atoms with Gasteiger partial charge in [-0.2, -0.15) is 0 Å². The predicted molar refractivity (Wildman–Crippen MR) is 122 cm³/mol. The Bertz CT molecular complexity index is 903. The van der Waals surface area contributed by atoms with Crippen molar-refractivity contribution in [1.82, 2.24) is 5.32 Å². The molecule has 0 fully saturated rings. The molecule has 6 heteroatoms. The third-order valence-corrected chi connectivity index (χ3v) is 5.00. The predicted octanol–water partition coefficient (Wildman–Crippen LogP) is 4.61. The zero-order valence-electron chi connectivity index (χ0n) is 18.7. The summed E-state index contributed by atoms with van der Waals surface area (Å²) in [4.78, 5) is 24.2.